The Balaban J connectivity index is 1.93. The molecule has 0 saturated heterocycles. The molecule has 1 aliphatic rings. The normalized spacial score (nSPS) is 16.8. The number of anilines is 1. The maximum absolute atomic E-state index is 12.2. The van der Waals surface area contributed by atoms with Gasteiger partial charge >= 0.3 is 0 Å². The summed E-state index contributed by atoms with van der Waals surface area (Å²) in [4.78, 5) is 21.0. The predicted octanol–water partition coefficient (Wildman–Crippen LogP) is 1.57. The topological polar surface area (TPSA) is 90.5 Å². The van der Waals surface area contributed by atoms with Gasteiger partial charge in [0.15, 0.2) is 0 Å². The molecule has 0 aliphatic carbocycles. The standard InChI is InChI=1S/C16H17N7O/c1-3-23-15(18-9-19-23)10-8-12(24)20-16-13(10)14(21-22(16)2)11-6-4-5-7-17-11/h4-7,9-10H,3,8H2,1-2H3,(H,20,24)/t10-/m1/s1. The number of carbonyl (C=O) groups excluding carboxylic acids is 1. The summed E-state index contributed by atoms with van der Waals surface area (Å²) in [6, 6.07) is 5.71. The van der Waals surface area contributed by atoms with E-state index < -0.39 is 0 Å². The maximum Gasteiger partial charge on any atom is 0.226 e. The second kappa shape index (κ2) is 5.55. The molecule has 0 saturated carbocycles. The second-order valence-electron chi connectivity index (χ2n) is 5.69. The van der Waals surface area contributed by atoms with Crippen molar-refractivity contribution in [1.29, 1.82) is 0 Å². The highest BCUT2D eigenvalue weighted by atomic mass is 16.1. The molecule has 0 radical (unpaired) electrons. The average Bonchev–Trinajstić information content (AvgIpc) is 3.20. The molecule has 0 unspecified atom stereocenters. The molecule has 8 nitrogen and oxygen atoms in total. The Morgan fingerprint density at radius 2 is 2.21 bits per heavy atom. The zero-order valence-corrected chi connectivity index (χ0v) is 13.5. The van der Waals surface area contributed by atoms with Crippen LogP contribution in [0.4, 0.5) is 5.82 Å². The molecule has 1 amide bonds. The number of aromatic nitrogens is 6. The van der Waals surface area contributed by atoms with E-state index in [4.69, 9.17) is 0 Å². The van der Waals surface area contributed by atoms with Gasteiger partial charge in [-0.15, -0.1) is 0 Å². The van der Waals surface area contributed by atoms with Gasteiger partial charge in [-0.05, 0) is 19.1 Å². The first-order valence-corrected chi connectivity index (χ1v) is 7.85. The molecule has 0 aromatic carbocycles. The molecule has 1 N–H and O–H groups in total. The van der Waals surface area contributed by atoms with Crippen LogP contribution in [-0.4, -0.2) is 35.4 Å². The van der Waals surface area contributed by atoms with Crippen molar-refractivity contribution in [2.45, 2.75) is 25.8 Å². The molecule has 1 atom stereocenters. The largest absolute Gasteiger partial charge is 0.311 e. The van der Waals surface area contributed by atoms with Crippen LogP contribution >= 0.6 is 0 Å². The first-order chi connectivity index (χ1) is 11.7. The lowest BCUT2D eigenvalue weighted by Gasteiger charge is -2.23. The summed E-state index contributed by atoms with van der Waals surface area (Å²) >= 11 is 0. The molecule has 3 aromatic heterocycles. The number of nitrogens with zero attached hydrogens (tertiary/aromatic N) is 6. The highest BCUT2D eigenvalue weighted by molar-refractivity contribution is 5.95. The zero-order chi connectivity index (χ0) is 16.7. The molecule has 4 heterocycles. The lowest BCUT2D eigenvalue weighted by molar-refractivity contribution is -0.116. The van der Waals surface area contributed by atoms with Gasteiger partial charge in [0, 0.05) is 31.8 Å². The number of rotatable bonds is 3. The van der Waals surface area contributed by atoms with Crippen LogP contribution in [0.2, 0.25) is 0 Å². The van der Waals surface area contributed by atoms with Crippen LogP contribution in [0.25, 0.3) is 11.4 Å². The summed E-state index contributed by atoms with van der Waals surface area (Å²) in [6.45, 7) is 2.70. The highest BCUT2D eigenvalue weighted by Crippen LogP contribution is 2.41. The molecule has 0 bridgehead atoms. The van der Waals surface area contributed by atoms with Gasteiger partial charge in [0.05, 0.1) is 11.6 Å². The smallest absolute Gasteiger partial charge is 0.226 e. The minimum Gasteiger partial charge on any atom is -0.311 e. The third-order valence-electron chi connectivity index (χ3n) is 4.24. The molecular formula is C16H17N7O. The van der Waals surface area contributed by atoms with Gasteiger partial charge < -0.3 is 5.32 Å². The molecule has 8 heteroatoms. The number of carbonyl (C=O) groups is 1. The third-order valence-corrected chi connectivity index (χ3v) is 4.24. The molecule has 0 spiro atoms. The van der Waals surface area contributed by atoms with Gasteiger partial charge in [-0.2, -0.15) is 10.2 Å². The Morgan fingerprint density at radius 1 is 1.33 bits per heavy atom. The number of hydrogen-bond donors (Lipinski definition) is 1. The molecular weight excluding hydrogens is 306 g/mol. The number of nitrogens with one attached hydrogen (secondary N) is 1. The number of aryl methyl sites for hydroxylation is 2. The Labute approximate surface area is 138 Å². The molecule has 24 heavy (non-hydrogen) atoms. The summed E-state index contributed by atoms with van der Waals surface area (Å²) in [5, 5.41) is 11.8. The van der Waals surface area contributed by atoms with E-state index in [9.17, 15) is 4.79 Å². The molecule has 0 fully saturated rings. The molecule has 1 aliphatic heterocycles. The van der Waals surface area contributed by atoms with E-state index in [-0.39, 0.29) is 11.8 Å². The quantitative estimate of drug-likeness (QED) is 0.790. The van der Waals surface area contributed by atoms with Gasteiger partial charge in [0.1, 0.15) is 23.7 Å². The summed E-state index contributed by atoms with van der Waals surface area (Å²) < 4.78 is 3.51. The van der Waals surface area contributed by atoms with Gasteiger partial charge in [0.2, 0.25) is 5.91 Å². The first kappa shape index (κ1) is 14.6. The van der Waals surface area contributed by atoms with Crippen molar-refractivity contribution in [1.82, 2.24) is 29.5 Å². The van der Waals surface area contributed by atoms with Crippen LogP contribution < -0.4 is 5.32 Å². The van der Waals surface area contributed by atoms with E-state index in [0.29, 0.717) is 18.8 Å². The Kier molecular flexibility index (Phi) is 3.37. The maximum atomic E-state index is 12.2. The van der Waals surface area contributed by atoms with Crippen molar-refractivity contribution < 1.29 is 4.79 Å². The van der Waals surface area contributed by atoms with Crippen molar-refractivity contribution in [2.75, 3.05) is 5.32 Å². The van der Waals surface area contributed by atoms with Crippen LogP contribution in [-0.2, 0) is 18.4 Å². The molecule has 4 rings (SSSR count). The number of hydrogen-bond acceptors (Lipinski definition) is 5. The molecule has 3 aromatic rings. The van der Waals surface area contributed by atoms with Crippen LogP contribution in [0.1, 0.15) is 30.7 Å². The van der Waals surface area contributed by atoms with Crippen LogP contribution in [0.15, 0.2) is 30.7 Å². The van der Waals surface area contributed by atoms with Crippen LogP contribution in [0, 0.1) is 0 Å². The van der Waals surface area contributed by atoms with Gasteiger partial charge in [-0.1, -0.05) is 6.07 Å². The lowest BCUT2D eigenvalue weighted by Crippen LogP contribution is -2.26. The van der Waals surface area contributed by atoms with Crippen LogP contribution in [0.3, 0.4) is 0 Å². The summed E-state index contributed by atoms with van der Waals surface area (Å²) in [7, 11) is 1.82. The summed E-state index contributed by atoms with van der Waals surface area (Å²) in [5.41, 5.74) is 2.49. The van der Waals surface area contributed by atoms with Gasteiger partial charge in [0.25, 0.3) is 0 Å². The van der Waals surface area contributed by atoms with Crippen molar-refractivity contribution in [2.24, 2.45) is 7.05 Å². The summed E-state index contributed by atoms with van der Waals surface area (Å²) in [6.07, 6.45) is 3.58. The van der Waals surface area contributed by atoms with E-state index in [2.05, 4.69) is 25.5 Å². The SMILES string of the molecule is CCn1ncnc1[C@@H]1CC(=O)Nc2c1c(-c1ccccn1)nn2C. The Hall–Kier alpha value is -3.03. The fraction of sp³-hybridized carbons (Fsp3) is 0.312. The third kappa shape index (κ3) is 2.18. The minimum absolute atomic E-state index is 0.0475. The Bertz CT molecular complexity index is 897. The van der Waals surface area contributed by atoms with E-state index in [1.165, 1.54) is 6.33 Å². The average molecular weight is 323 g/mol. The number of fused-ring (bicyclic) bond motifs is 1. The predicted molar refractivity (Wildman–Crippen MR) is 87.2 cm³/mol. The number of amides is 1. The lowest BCUT2D eigenvalue weighted by atomic mass is 9.90. The van der Waals surface area contributed by atoms with Crippen molar-refractivity contribution in [3.05, 3.63) is 42.1 Å². The van der Waals surface area contributed by atoms with Gasteiger partial charge in [-0.3, -0.25) is 14.5 Å². The van der Waals surface area contributed by atoms with E-state index in [1.807, 2.05) is 36.9 Å². The number of pyridine rings is 1. The molecule has 122 valence electrons. The minimum atomic E-state index is -0.193. The van der Waals surface area contributed by atoms with Crippen molar-refractivity contribution in [3.8, 4) is 11.4 Å². The van der Waals surface area contributed by atoms with Crippen molar-refractivity contribution in [3.63, 3.8) is 0 Å². The fourth-order valence-corrected chi connectivity index (χ4v) is 3.19. The zero-order valence-electron chi connectivity index (χ0n) is 13.5. The van der Waals surface area contributed by atoms with E-state index >= 15 is 0 Å². The summed E-state index contributed by atoms with van der Waals surface area (Å²) in [5.74, 6) is 1.23. The van der Waals surface area contributed by atoms with Crippen LogP contribution in [0.5, 0.6) is 0 Å². The van der Waals surface area contributed by atoms with Crippen molar-refractivity contribution >= 4 is 11.7 Å². The van der Waals surface area contributed by atoms with E-state index in [0.717, 1.165) is 22.8 Å². The van der Waals surface area contributed by atoms with E-state index in [1.54, 1.807) is 10.9 Å². The highest BCUT2D eigenvalue weighted by Gasteiger charge is 2.36. The Morgan fingerprint density at radius 3 is 2.96 bits per heavy atom. The monoisotopic (exact) mass is 323 g/mol. The van der Waals surface area contributed by atoms with Gasteiger partial charge in [-0.25, -0.2) is 9.67 Å². The fourth-order valence-electron chi connectivity index (χ4n) is 3.19. The second-order valence-corrected chi connectivity index (χ2v) is 5.69. The first-order valence-electron chi connectivity index (χ1n) is 7.85.